The maximum atomic E-state index is 14.2. The summed E-state index contributed by atoms with van der Waals surface area (Å²) in [6, 6.07) is 19.4. The van der Waals surface area contributed by atoms with Gasteiger partial charge in [0.1, 0.15) is 12.6 Å². The van der Waals surface area contributed by atoms with Crippen LogP contribution < -0.4 is 9.62 Å². The van der Waals surface area contributed by atoms with Gasteiger partial charge in [0, 0.05) is 12.6 Å². The molecule has 0 radical (unpaired) electrons. The van der Waals surface area contributed by atoms with Crippen LogP contribution in [0.5, 0.6) is 0 Å². The van der Waals surface area contributed by atoms with Crippen LogP contribution in [0.25, 0.3) is 0 Å². The van der Waals surface area contributed by atoms with Gasteiger partial charge in [0.25, 0.3) is 10.0 Å². The molecule has 1 atom stereocenters. The molecule has 0 aromatic heterocycles. The number of nitrogens with one attached hydrogen (secondary N) is 1. The van der Waals surface area contributed by atoms with Crippen molar-refractivity contribution in [3.05, 3.63) is 94.0 Å². The third-order valence-electron chi connectivity index (χ3n) is 7.71. The fraction of sp³-hybridized carbons (Fsp3) is 0.375. The fourth-order valence-corrected chi connectivity index (χ4v) is 7.07. The van der Waals surface area contributed by atoms with Gasteiger partial charge in [-0.25, -0.2) is 8.42 Å². The molecule has 3 aromatic carbocycles. The second-order valence-electron chi connectivity index (χ2n) is 10.6. The summed E-state index contributed by atoms with van der Waals surface area (Å²) in [5.41, 5.74) is 1.87. The molecule has 1 aliphatic carbocycles. The average molecular weight is 631 g/mol. The molecule has 42 heavy (non-hydrogen) atoms. The smallest absolute Gasteiger partial charge is 0.264 e. The lowest BCUT2D eigenvalue weighted by molar-refractivity contribution is -0.139. The number of carbonyl (C=O) groups excluding carboxylic acids is 2. The average Bonchev–Trinajstić information content (AvgIpc) is 3.00. The standard InChI is InChI=1S/C32H37Cl2N3O4S/c1-3-25-12-10-11-17-30(25)37(42(40,41)27-15-8-5-9-16-27)22-31(38)36(21-24-18-19-28(33)29(34)20-24)23(2)32(39)35-26-13-6-4-7-14-26/h5,8-12,15-20,23,26H,3-4,6-7,13-14,21-22H2,1-2H3,(H,35,39)/t23-/m1/s1. The molecule has 224 valence electrons. The van der Waals surface area contributed by atoms with Crippen LogP contribution in [-0.2, 0) is 32.6 Å². The highest BCUT2D eigenvalue weighted by Gasteiger charge is 2.34. The lowest BCUT2D eigenvalue weighted by Crippen LogP contribution is -2.53. The number of hydrogen-bond donors (Lipinski definition) is 1. The lowest BCUT2D eigenvalue weighted by Gasteiger charge is -2.33. The van der Waals surface area contributed by atoms with Crippen LogP contribution in [0.3, 0.4) is 0 Å². The van der Waals surface area contributed by atoms with E-state index in [1.807, 2.05) is 19.1 Å². The van der Waals surface area contributed by atoms with E-state index >= 15 is 0 Å². The number of anilines is 1. The summed E-state index contributed by atoms with van der Waals surface area (Å²) in [5.74, 6) is -0.792. The summed E-state index contributed by atoms with van der Waals surface area (Å²) in [5, 5.41) is 3.81. The largest absolute Gasteiger partial charge is 0.352 e. The Morgan fingerprint density at radius 1 is 0.929 bits per heavy atom. The van der Waals surface area contributed by atoms with Gasteiger partial charge < -0.3 is 10.2 Å². The van der Waals surface area contributed by atoms with E-state index in [4.69, 9.17) is 23.2 Å². The molecule has 10 heteroatoms. The van der Waals surface area contributed by atoms with E-state index < -0.39 is 28.5 Å². The fourth-order valence-electron chi connectivity index (χ4n) is 5.27. The number of benzene rings is 3. The molecule has 1 aliphatic rings. The quantitative estimate of drug-likeness (QED) is 0.258. The van der Waals surface area contributed by atoms with Gasteiger partial charge in [0.2, 0.25) is 11.8 Å². The van der Waals surface area contributed by atoms with Crippen molar-refractivity contribution in [1.29, 1.82) is 0 Å². The van der Waals surface area contributed by atoms with E-state index in [1.165, 1.54) is 17.0 Å². The SMILES string of the molecule is CCc1ccccc1N(CC(=O)N(Cc1ccc(Cl)c(Cl)c1)[C@H](C)C(=O)NC1CCCCC1)S(=O)(=O)c1ccccc1. The number of nitrogens with zero attached hydrogens (tertiary/aromatic N) is 2. The number of aryl methyl sites for hydroxylation is 1. The van der Waals surface area contributed by atoms with E-state index in [-0.39, 0.29) is 23.4 Å². The highest BCUT2D eigenvalue weighted by atomic mass is 35.5. The van der Waals surface area contributed by atoms with E-state index in [2.05, 4.69) is 5.32 Å². The summed E-state index contributed by atoms with van der Waals surface area (Å²) in [7, 11) is -4.12. The predicted molar refractivity (Wildman–Crippen MR) is 168 cm³/mol. The Hall–Kier alpha value is -3.07. The first kappa shape index (κ1) is 31.9. The minimum atomic E-state index is -4.12. The number of amides is 2. The van der Waals surface area contributed by atoms with E-state index in [0.717, 1.165) is 42.0 Å². The van der Waals surface area contributed by atoms with Crippen LogP contribution in [0, 0.1) is 0 Å². The summed E-state index contributed by atoms with van der Waals surface area (Å²) in [6.07, 6.45) is 5.61. The molecule has 1 saturated carbocycles. The third kappa shape index (κ3) is 7.65. The molecule has 0 unspecified atom stereocenters. The lowest BCUT2D eigenvalue weighted by atomic mass is 9.95. The zero-order chi connectivity index (χ0) is 30.3. The molecule has 2 amide bonds. The summed E-state index contributed by atoms with van der Waals surface area (Å²) in [6.45, 7) is 3.16. The number of hydrogen-bond acceptors (Lipinski definition) is 4. The van der Waals surface area contributed by atoms with Crippen LogP contribution in [0.4, 0.5) is 5.69 Å². The molecular formula is C32H37Cl2N3O4S. The van der Waals surface area contributed by atoms with Crippen LogP contribution in [-0.4, -0.2) is 43.8 Å². The first-order chi connectivity index (χ1) is 20.1. The van der Waals surface area contributed by atoms with Gasteiger partial charge in [-0.3, -0.25) is 13.9 Å². The van der Waals surface area contributed by atoms with Gasteiger partial charge in [0.05, 0.1) is 20.6 Å². The van der Waals surface area contributed by atoms with Crippen molar-refractivity contribution in [3.8, 4) is 0 Å². The highest BCUT2D eigenvalue weighted by Crippen LogP contribution is 2.29. The Morgan fingerprint density at radius 3 is 2.26 bits per heavy atom. The predicted octanol–water partition coefficient (Wildman–Crippen LogP) is 6.62. The third-order valence-corrected chi connectivity index (χ3v) is 10.2. The maximum Gasteiger partial charge on any atom is 0.264 e. The Labute approximate surface area is 258 Å². The Kier molecular flexibility index (Phi) is 10.9. The maximum absolute atomic E-state index is 14.2. The molecule has 1 fully saturated rings. The Balaban J connectivity index is 1.71. The van der Waals surface area contributed by atoms with E-state index in [9.17, 15) is 18.0 Å². The zero-order valence-corrected chi connectivity index (χ0v) is 26.3. The number of rotatable bonds is 11. The highest BCUT2D eigenvalue weighted by molar-refractivity contribution is 7.92. The molecule has 3 aromatic rings. The van der Waals surface area contributed by atoms with Crippen LogP contribution in [0.15, 0.2) is 77.7 Å². The topological polar surface area (TPSA) is 86.8 Å². The van der Waals surface area contributed by atoms with Gasteiger partial charge in [-0.15, -0.1) is 0 Å². The Morgan fingerprint density at radius 2 is 1.60 bits per heavy atom. The zero-order valence-electron chi connectivity index (χ0n) is 23.9. The first-order valence-electron chi connectivity index (χ1n) is 14.3. The van der Waals surface area contributed by atoms with Crippen molar-refractivity contribution in [2.45, 2.75) is 75.9 Å². The second-order valence-corrected chi connectivity index (χ2v) is 13.3. The summed E-state index contributed by atoms with van der Waals surface area (Å²) >= 11 is 12.4. The van der Waals surface area contributed by atoms with Crippen molar-refractivity contribution in [2.75, 3.05) is 10.8 Å². The van der Waals surface area contributed by atoms with Crippen molar-refractivity contribution >= 4 is 50.7 Å². The monoisotopic (exact) mass is 629 g/mol. The first-order valence-corrected chi connectivity index (χ1v) is 16.5. The molecule has 0 spiro atoms. The van der Waals surface area contributed by atoms with Crippen molar-refractivity contribution < 1.29 is 18.0 Å². The number of sulfonamides is 1. The van der Waals surface area contributed by atoms with E-state index in [1.54, 1.807) is 55.5 Å². The number of carbonyl (C=O) groups is 2. The van der Waals surface area contributed by atoms with Crippen LogP contribution in [0.1, 0.15) is 57.1 Å². The normalized spacial score (nSPS) is 14.7. The van der Waals surface area contributed by atoms with Crippen molar-refractivity contribution in [3.63, 3.8) is 0 Å². The van der Waals surface area contributed by atoms with Gasteiger partial charge in [0.15, 0.2) is 0 Å². The molecular weight excluding hydrogens is 593 g/mol. The van der Waals surface area contributed by atoms with Crippen LogP contribution in [0.2, 0.25) is 10.0 Å². The molecule has 0 saturated heterocycles. The van der Waals surface area contributed by atoms with Gasteiger partial charge >= 0.3 is 0 Å². The molecule has 0 bridgehead atoms. The molecule has 1 N–H and O–H groups in total. The molecule has 7 nitrogen and oxygen atoms in total. The minimum absolute atomic E-state index is 0.0453. The Bertz CT molecular complexity index is 1490. The number of para-hydroxylation sites is 1. The van der Waals surface area contributed by atoms with Gasteiger partial charge in [-0.2, -0.15) is 0 Å². The van der Waals surface area contributed by atoms with Gasteiger partial charge in [-0.05, 0) is 67.6 Å². The second kappa shape index (κ2) is 14.4. The molecule has 0 heterocycles. The molecule has 0 aliphatic heterocycles. The van der Waals surface area contributed by atoms with Crippen molar-refractivity contribution in [2.24, 2.45) is 0 Å². The number of halogens is 2. The van der Waals surface area contributed by atoms with Gasteiger partial charge in [-0.1, -0.05) is 91.9 Å². The molecule has 4 rings (SSSR count). The van der Waals surface area contributed by atoms with Crippen LogP contribution >= 0.6 is 23.2 Å². The summed E-state index contributed by atoms with van der Waals surface area (Å²) < 4.78 is 29.2. The van der Waals surface area contributed by atoms with E-state index in [0.29, 0.717) is 27.7 Å². The summed E-state index contributed by atoms with van der Waals surface area (Å²) in [4.78, 5) is 29.1. The minimum Gasteiger partial charge on any atom is -0.352 e. The van der Waals surface area contributed by atoms with Crippen molar-refractivity contribution in [1.82, 2.24) is 10.2 Å².